The van der Waals surface area contributed by atoms with E-state index in [4.69, 9.17) is 14.2 Å². The van der Waals surface area contributed by atoms with E-state index < -0.39 is 16.1 Å². The second-order valence-corrected chi connectivity index (χ2v) is 9.82. The number of amides is 1. The van der Waals surface area contributed by atoms with Crippen molar-refractivity contribution in [3.05, 3.63) is 72.3 Å². The molecule has 0 spiro atoms. The predicted octanol–water partition coefficient (Wildman–Crippen LogP) is 5.03. The van der Waals surface area contributed by atoms with Gasteiger partial charge in [-0.25, -0.2) is 8.42 Å². The summed E-state index contributed by atoms with van der Waals surface area (Å²) in [6.07, 6.45) is -0.750. The maximum absolute atomic E-state index is 12.9. The van der Waals surface area contributed by atoms with Gasteiger partial charge in [0, 0.05) is 11.8 Å². The average molecular weight is 499 g/mol. The first-order valence-electron chi connectivity index (χ1n) is 11.1. The summed E-state index contributed by atoms with van der Waals surface area (Å²) >= 11 is 0. The Morgan fingerprint density at radius 2 is 1.54 bits per heavy atom. The SMILES string of the molecule is COc1ccc(OC)c(NS(=O)(=O)c2ccc(NC(=O)C(C)Oc3ccccc3C(C)C)cc2)c1. The Hall–Kier alpha value is -3.72. The zero-order chi connectivity index (χ0) is 25.6. The molecule has 0 heterocycles. The molecule has 0 aliphatic rings. The molecule has 3 rings (SSSR count). The zero-order valence-electron chi connectivity index (χ0n) is 20.4. The first-order chi connectivity index (χ1) is 16.6. The highest BCUT2D eigenvalue weighted by Gasteiger charge is 2.20. The summed E-state index contributed by atoms with van der Waals surface area (Å²) < 4.78 is 44.6. The molecule has 0 aromatic heterocycles. The van der Waals surface area contributed by atoms with Crippen molar-refractivity contribution in [2.24, 2.45) is 0 Å². The number of para-hydroxylation sites is 1. The van der Waals surface area contributed by atoms with Crippen molar-refractivity contribution in [1.29, 1.82) is 0 Å². The van der Waals surface area contributed by atoms with Crippen molar-refractivity contribution in [3.63, 3.8) is 0 Å². The van der Waals surface area contributed by atoms with Crippen LogP contribution in [0.4, 0.5) is 11.4 Å². The Morgan fingerprint density at radius 3 is 2.17 bits per heavy atom. The van der Waals surface area contributed by atoms with Crippen LogP contribution in [-0.2, 0) is 14.8 Å². The van der Waals surface area contributed by atoms with Crippen molar-refractivity contribution >= 4 is 27.3 Å². The molecule has 0 radical (unpaired) electrons. The van der Waals surface area contributed by atoms with Gasteiger partial charge in [0.1, 0.15) is 17.2 Å². The van der Waals surface area contributed by atoms with E-state index in [2.05, 4.69) is 23.9 Å². The minimum atomic E-state index is -3.91. The summed E-state index contributed by atoms with van der Waals surface area (Å²) in [5.74, 6) is 1.39. The molecule has 3 aromatic rings. The number of anilines is 2. The number of nitrogens with one attached hydrogen (secondary N) is 2. The highest BCUT2D eigenvalue weighted by atomic mass is 32.2. The van der Waals surface area contributed by atoms with Gasteiger partial charge in [-0.3, -0.25) is 9.52 Å². The number of hydrogen-bond acceptors (Lipinski definition) is 6. The molecule has 0 saturated carbocycles. The van der Waals surface area contributed by atoms with E-state index in [9.17, 15) is 13.2 Å². The van der Waals surface area contributed by atoms with E-state index in [1.807, 2.05) is 24.3 Å². The van der Waals surface area contributed by atoms with Crippen molar-refractivity contribution < 1.29 is 27.4 Å². The summed E-state index contributed by atoms with van der Waals surface area (Å²) in [4.78, 5) is 12.7. The third-order valence-corrected chi connectivity index (χ3v) is 6.68. The average Bonchev–Trinajstić information content (AvgIpc) is 2.84. The smallest absolute Gasteiger partial charge is 0.265 e. The van der Waals surface area contributed by atoms with Crippen LogP contribution in [0.2, 0.25) is 0 Å². The van der Waals surface area contributed by atoms with Gasteiger partial charge < -0.3 is 19.5 Å². The molecule has 8 nitrogen and oxygen atoms in total. The molecule has 1 unspecified atom stereocenters. The molecule has 0 saturated heterocycles. The van der Waals surface area contributed by atoms with Gasteiger partial charge in [0.25, 0.3) is 15.9 Å². The summed E-state index contributed by atoms with van der Waals surface area (Å²) in [7, 11) is -0.973. The molecule has 0 aliphatic heterocycles. The summed E-state index contributed by atoms with van der Waals surface area (Å²) in [6, 6.07) is 18.3. The van der Waals surface area contributed by atoms with Crippen LogP contribution in [0.3, 0.4) is 0 Å². The van der Waals surface area contributed by atoms with Crippen molar-refractivity contribution in [2.75, 3.05) is 24.3 Å². The molecule has 35 heavy (non-hydrogen) atoms. The number of sulfonamides is 1. The van der Waals surface area contributed by atoms with Crippen LogP contribution in [0.1, 0.15) is 32.3 Å². The fraction of sp³-hybridized carbons (Fsp3) is 0.269. The molecule has 0 bridgehead atoms. The quantitative estimate of drug-likeness (QED) is 0.406. The van der Waals surface area contributed by atoms with E-state index in [-0.39, 0.29) is 22.4 Å². The highest BCUT2D eigenvalue weighted by Crippen LogP contribution is 2.31. The first-order valence-corrected chi connectivity index (χ1v) is 12.5. The molecule has 0 fully saturated rings. The number of hydrogen-bond donors (Lipinski definition) is 2. The lowest BCUT2D eigenvalue weighted by atomic mass is 10.0. The fourth-order valence-corrected chi connectivity index (χ4v) is 4.43. The number of benzene rings is 3. The maximum atomic E-state index is 12.9. The second-order valence-electron chi connectivity index (χ2n) is 8.14. The number of rotatable bonds is 10. The molecule has 1 amide bonds. The molecule has 1 atom stereocenters. The largest absolute Gasteiger partial charge is 0.497 e. The van der Waals surface area contributed by atoms with Crippen LogP contribution in [0, 0.1) is 0 Å². The Kier molecular flexibility index (Phi) is 8.24. The van der Waals surface area contributed by atoms with Crippen LogP contribution in [0.5, 0.6) is 17.2 Å². The van der Waals surface area contributed by atoms with Gasteiger partial charge in [-0.15, -0.1) is 0 Å². The summed E-state index contributed by atoms with van der Waals surface area (Å²) in [6.45, 7) is 5.78. The lowest BCUT2D eigenvalue weighted by molar-refractivity contribution is -0.122. The molecule has 3 aromatic carbocycles. The zero-order valence-corrected chi connectivity index (χ0v) is 21.2. The monoisotopic (exact) mass is 498 g/mol. The Morgan fingerprint density at radius 1 is 0.857 bits per heavy atom. The van der Waals surface area contributed by atoms with E-state index in [0.717, 1.165) is 5.56 Å². The van der Waals surface area contributed by atoms with E-state index in [0.29, 0.717) is 22.9 Å². The van der Waals surface area contributed by atoms with Crippen LogP contribution < -0.4 is 24.2 Å². The minimum Gasteiger partial charge on any atom is -0.497 e. The first kappa shape index (κ1) is 25.9. The fourth-order valence-electron chi connectivity index (χ4n) is 3.37. The third-order valence-electron chi connectivity index (χ3n) is 5.30. The van der Waals surface area contributed by atoms with E-state index in [1.165, 1.54) is 44.6 Å². The molecule has 9 heteroatoms. The van der Waals surface area contributed by atoms with Crippen LogP contribution in [0.15, 0.2) is 71.6 Å². The van der Waals surface area contributed by atoms with Crippen LogP contribution >= 0.6 is 0 Å². The van der Waals surface area contributed by atoms with Crippen LogP contribution in [0.25, 0.3) is 0 Å². The predicted molar refractivity (Wildman–Crippen MR) is 136 cm³/mol. The van der Waals surface area contributed by atoms with Gasteiger partial charge >= 0.3 is 0 Å². The number of ether oxygens (including phenoxy) is 3. The molecule has 0 aliphatic carbocycles. The Balaban J connectivity index is 1.69. The number of carbonyl (C=O) groups excluding carboxylic acids is 1. The summed E-state index contributed by atoms with van der Waals surface area (Å²) in [5, 5.41) is 2.76. The number of methoxy groups -OCH3 is 2. The van der Waals surface area contributed by atoms with Gasteiger partial charge in [0.2, 0.25) is 0 Å². The molecule has 2 N–H and O–H groups in total. The van der Waals surface area contributed by atoms with Gasteiger partial charge in [-0.05, 0) is 60.9 Å². The number of carbonyl (C=O) groups is 1. The highest BCUT2D eigenvalue weighted by molar-refractivity contribution is 7.92. The molecule has 186 valence electrons. The Bertz CT molecular complexity index is 1270. The third kappa shape index (κ3) is 6.45. The van der Waals surface area contributed by atoms with Gasteiger partial charge in [-0.2, -0.15) is 0 Å². The minimum absolute atomic E-state index is 0.0236. The van der Waals surface area contributed by atoms with Crippen LogP contribution in [-0.4, -0.2) is 34.6 Å². The summed E-state index contributed by atoms with van der Waals surface area (Å²) in [5.41, 5.74) is 1.71. The normalized spacial score (nSPS) is 12.1. The van der Waals surface area contributed by atoms with E-state index in [1.54, 1.807) is 19.1 Å². The van der Waals surface area contributed by atoms with Gasteiger partial charge in [0.05, 0.1) is 24.8 Å². The maximum Gasteiger partial charge on any atom is 0.265 e. The van der Waals surface area contributed by atoms with Gasteiger partial charge in [0.15, 0.2) is 6.10 Å². The lowest BCUT2D eigenvalue weighted by Gasteiger charge is -2.19. The van der Waals surface area contributed by atoms with Crippen molar-refractivity contribution in [1.82, 2.24) is 0 Å². The molecular formula is C26H30N2O6S. The van der Waals surface area contributed by atoms with Crippen molar-refractivity contribution in [2.45, 2.75) is 37.7 Å². The standard InChI is InChI=1S/C26H30N2O6S/c1-17(2)22-8-6-7-9-24(22)34-18(3)26(29)27-19-10-13-21(14-11-19)35(30,31)28-23-16-20(32-4)12-15-25(23)33-5/h6-18,28H,1-5H3,(H,27,29). The molecular weight excluding hydrogens is 468 g/mol. The van der Waals surface area contributed by atoms with Crippen molar-refractivity contribution in [3.8, 4) is 17.2 Å². The van der Waals surface area contributed by atoms with E-state index >= 15 is 0 Å². The second kappa shape index (κ2) is 11.1. The lowest BCUT2D eigenvalue weighted by Crippen LogP contribution is -2.30. The Labute approximate surface area is 206 Å². The van der Waals surface area contributed by atoms with Gasteiger partial charge in [-0.1, -0.05) is 32.0 Å². The topological polar surface area (TPSA) is 103 Å².